The van der Waals surface area contributed by atoms with Gasteiger partial charge in [-0.15, -0.1) is 0 Å². The van der Waals surface area contributed by atoms with E-state index in [1.807, 2.05) is 0 Å². The van der Waals surface area contributed by atoms with E-state index < -0.39 is 0 Å². The van der Waals surface area contributed by atoms with Crippen LogP contribution < -0.4 is 0 Å². The third kappa shape index (κ3) is 0.400. The maximum atomic E-state index is 2.44. The van der Waals surface area contributed by atoms with Crippen molar-refractivity contribution in [2.75, 3.05) is 0 Å². The molecule has 6 aliphatic carbocycles. The lowest BCUT2D eigenvalue weighted by molar-refractivity contribution is -0.119. The topological polar surface area (TPSA) is 0 Å². The molecule has 0 heteroatoms. The summed E-state index contributed by atoms with van der Waals surface area (Å²) in [5.74, 6) is 3.57. The molecule has 6 saturated carbocycles. The average molecular weight is 162 g/mol. The van der Waals surface area contributed by atoms with E-state index in [0.29, 0.717) is 0 Å². The molecule has 0 aromatic carbocycles. The first-order chi connectivity index (χ1) is 5.81. The molecule has 0 amide bonds. The van der Waals surface area contributed by atoms with Crippen LogP contribution in [0.3, 0.4) is 0 Å². The van der Waals surface area contributed by atoms with Crippen LogP contribution in [-0.4, -0.2) is 0 Å². The summed E-state index contributed by atoms with van der Waals surface area (Å²) in [5.41, 5.74) is 1.86. The van der Waals surface area contributed by atoms with Crippen LogP contribution in [0.2, 0.25) is 0 Å². The Morgan fingerprint density at radius 2 is 1.92 bits per heavy atom. The fraction of sp³-hybridized carbons (Fsp3) is 1.00. The molecule has 0 aromatic heterocycles. The third-order valence-electron chi connectivity index (χ3n) is 6.11. The Bertz CT molecular complexity index is 243. The molecule has 1 spiro atoms. The van der Waals surface area contributed by atoms with Gasteiger partial charge in [0.15, 0.2) is 0 Å². The van der Waals surface area contributed by atoms with E-state index in [2.05, 4.69) is 6.92 Å². The highest BCUT2D eigenvalue weighted by atomic mass is 14.9. The smallest absolute Gasteiger partial charge is 0.0178 e. The molecular weight excluding hydrogens is 144 g/mol. The molecule has 0 saturated heterocycles. The van der Waals surface area contributed by atoms with Crippen LogP contribution in [0.1, 0.15) is 45.4 Å². The van der Waals surface area contributed by atoms with Crippen LogP contribution in [0.5, 0.6) is 0 Å². The zero-order chi connectivity index (χ0) is 7.97. The van der Waals surface area contributed by atoms with Crippen LogP contribution in [-0.2, 0) is 0 Å². The van der Waals surface area contributed by atoms with Gasteiger partial charge in [0.1, 0.15) is 0 Å². The van der Waals surface area contributed by atoms with Gasteiger partial charge in [-0.2, -0.15) is 0 Å². The minimum Gasteiger partial charge on any atom is -0.0648 e. The Kier molecular flexibility index (Phi) is 0.811. The van der Waals surface area contributed by atoms with Gasteiger partial charge in [-0.25, -0.2) is 0 Å². The first kappa shape index (κ1) is 6.45. The largest absolute Gasteiger partial charge is 0.0648 e. The highest BCUT2D eigenvalue weighted by Crippen LogP contribution is 2.89. The van der Waals surface area contributed by atoms with Gasteiger partial charge < -0.3 is 0 Å². The second-order valence-electron chi connectivity index (χ2n) is 6.02. The molecule has 6 rings (SSSR count). The van der Waals surface area contributed by atoms with E-state index in [1.54, 1.807) is 32.1 Å². The van der Waals surface area contributed by atoms with E-state index in [9.17, 15) is 0 Å². The second-order valence-corrected chi connectivity index (χ2v) is 6.02. The van der Waals surface area contributed by atoms with Gasteiger partial charge in [0.2, 0.25) is 0 Å². The molecule has 66 valence electrons. The summed E-state index contributed by atoms with van der Waals surface area (Å²) < 4.78 is 0. The van der Waals surface area contributed by atoms with Gasteiger partial charge in [-0.3, -0.25) is 0 Å². The highest BCUT2D eigenvalue weighted by molar-refractivity contribution is 5.30. The number of hydrogen-bond donors (Lipinski definition) is 0. The van der Waals surface area contributed by atoms with Gasteiger partial charge in [0.05, 0.1) is 0 Å². The first-order valence-electron chi connectivity index (χ1n) is 5.81. The van der Waals surface area contributed by atoms with Gasteiger partial charge in [-0.05, 0) is 67.1 Å². The molecule has 3 unspecified atom stereocenters. The maximum Gasteiger partial charge on any atom is -0.0178 e. The Morgan fingerprint density at radius 1 is 1.17 bits per heavy atom. The number of rotatable bonds is 1. The van der Waals surface area contributed by atoms with Crippen molar-refractivity contribution >= 4 is 0 Å². The van der Waals surface area contributed by atoms with Crippen LogP contribution in [0.4, 0.5) is 0 Å². The zero-order valence-corrected chi connectivity index (χ0v) is 7.97. The molecule has 4 bridgehead atoms. The summed E-state index contributed by atoms with van der Waals surface area (Å²) in [6, 6.07) is 0. The van der Waals surface area contributed by atoms with Crippen LogP contribution >= 0.6 is 0 Å². The molecule has 0 aliphatic heterocycles. The van der Waals surface area contributed by atoms with Crippen molar-refractivity contribution in [3.05, 3.63) is 0 Å². The predicted molar refractivity (Wildman–Crippen MR) is 48.7 cm³/mol. The van der Waals surface area contributed by atoms with E-state index in [4.69, 9.17) is 0 Å². The predicted octanol–water partition coefficient (Wildman–Crippen LogP) is 3.22. The van der Waals surface area contributed by atoms with E-state index in [1.165, 1.54) is 18.3 Å². The average Bonchev–Trinajstić information content (AvgIpc) is 2.79. The molecule has 3 atom stereocenters. The minimum atomic E-state index is 0.905. The van der Waals surface area contributed by atoms with Gasteiger partial charge >= 0.3 is 0 Å². The van der Waals surface area contributed by atoms with Crippen molar-refractivity contribution in [1.82, 2.24) is 0 Å². The summed E-state index contributed by atoms with van der Waals surface area (Å²) in [4.78, 5) is 0. The van der Waals surface area contributed by atoms with Gasteiger partial charge in [0, 0.05) is 0 Å². The van der Waals surface area contributed by atoms with Crippen molar-refractivity contribution < 1.29 is 0 Å². The number of hydrogen-bond acceptors (Lipinski definition) is 0. The molecule has 0 nitrogen and oxygen atoms in total. The minimum absolute atomic E-state index is 0.905. The lowest BCUT2D eigenvalue weighted by Crippen LogP contribution is -2.53. The monoisotopic (exact) mass is 162 g/mol. The van der Waals surface area contributed by atoms with E-state index >= 15 is 0 Å². The van der Waals surface area contributed by atoms with Gasteiger partial charge in [-0.1, -0.05) is 6.92 Å². The summed E-state index contributed by atoms with van der Waals surface area (Å²) >= 11 is 0. The summed E-state index contributed by atoms with van der Waals surface area (Å²) in [6.07, 6.45) is 9.63. The molecule has 0 heterocycles. The first-order valence-corrected chi connectivity index (χ1v) is 5.81. The lowest BCUT2D eigenvalue weighted by atomic mass is 9.44. The normalized spacial score (nSPS) is 70.2. The third-order valence-corrected chi connectivity index (χ3v) is 6.11. The Morgan fingerprint density at radius 3 is 2.50 bits per heavy atom. The van der Waals surface area contributed by atoms with Crippen LogP contribution in [0, 0.1) is 28.6 Å². The van der Waals surface area contributed by atoms with E-state index in [0.717, 1.165) is 16.7 Å². The molecular formula is C12H18. The summed E-state index contributed by atoms with van der Waals surface area (Å²) in [6.45, 7) is 2.44. The van der Waals surface area contributed by atoms with E-state index in [-0.39, 0.29) is 0 Å². The summed E-state index contributed by atoms with van der Waals surface area (Å²) in [5, 5.41) is 0. The molecule has 6 fully saturated rings. The highest BCUT2D eigenvalue weighted by Gasteiger charge is 2.81. The summed E-state index contributed by atoms with van der Waals surface area (Å²) in [7, 11) is 0. The van der Waals surface area contributed by atoms with Crippen LogP contribution in [0.25, 0.3) is 0 Å². The fourth-order valence-corrected chi connectivity index (χ4v) is 5.70. The van der Waals surface area contributed by atoms with Gasteiger partial charge in [0.25, 0.3) is 0 Å². The molecule has 0 N–H and O–H groups in total. The SMILES string of the molecule is CCC12CC3CC4CC(C3)C41C2. The lowest BCUT2D eigenvalue weighted by Gasteiger charge is -2.61. The maximum absolute atomic E-state index is 2.44. The molecule has 0 aromatic rings. The standard InChI is InChI=1S/C12H18/c1-2-11-6-8-3-9-5-10(4-8)12(9,11)7-11/h8-10H,2-7H2,1H3. The van der Waals surface area contributed by atoms with Crippen molar-refractivity contribution in [2.24, 2.45) is 28.6 Å². The van der Waals surface area contributed by atoms with Crippen LogP contribution in [0.15, 0.2) is 0 Å². The quantitative estimate of drug-likeness (QED) is 0.555. The molecule has 0 radical (unpaired) electrons. The fourth-order valence-electron chi connectivity index (χ4n) is 5.70. The second kappa shape index (κ2) is 1.51. The molecule has 12 heavy (non-hydrogen) atoms. The van der Waals surface area contributed by atoms with Crippen molar-refractivity contribution in [3.63, 3.8) is 0 Å². The van der Waals surface area contributed by atoms with Crippen molar-refractivity contribution in [1.29, 1.82) is 0 Å². The Balaban J connectivity index is 1.83. The Hall–Kier alpha value is 0. The zero-order valence-electron chi connectivity index (χ0n) is 7.97. The van der Waals surface area contributed by atoms with Crippen molar-refractivity contribution in [3.8, 4) is 0 Å². The van der Waals surface area contributed by atoms with Crippen molar-refractivity contribution in [2.45, 2.75) is 45.4 Å². The Labute approximate surface area is 74.7 Å². The molecule has 6 aliphatic rings.